The molecule has 1 amide bonds. The molecule has 0 atom stereocenters. The number of para-hydroxylation sites is 2. The number of phenols is 1. The van der Waals surface area contributed by atoms with Crippen LogP contribution in [0.25, 0.3) is 21.8 Å². The highest BCUT2D eigenvalue weighted by Gasteiger charge is 2.51. The number of hydrazone groups is 1. The summed E-state index contributed by atoms with van der Waals surface area (Å²) in [7, 11) is 0. The van der Waals surface area contributed by atoms with Crippen molar-refractivity contribution in [1.29, 1.82) is 0 Å². The number of fused-ring (bicyclic) bond motifs is 2. The number of phenolic OH excluding ortho intramolecular Hbond substituents is 1. The fraction of sp³-hybridized carbons (Fsp3) is 0.344. The predicted molar refractivity (Wildman–Crippen MR) is 149 cm³/mol. The summed E-state index contributed by atoms with van der Waals surface area (Å²) in [4.78, 5) is 25.9. The molecule has 4 saturated carbocycles. The highest BCUT2D eigenvalue weighted by atomic mass is 16.3. The summed E-state index contributed by atoms with van der Waals surface area (Å²) in [6, 6.07) is 20.6. The zero-order chi connectivity index (χ0) is 25.9. The molecule has 0 saturated heterocycles. The van der Waals surface area contributed by atoms with Crippen LogP contribution in [0, 0.1) is 17.8 Å². The van der Waals surface area contributed by atoms with E-state index in [9.17, 15) is 14.7 Å². The number of benzene rings is 3. The maximum atomic E-state index is 13.0. The maximum Gasteiger partial charge on any atom is 0.260 e. The zero-order valence-corrected chi connectivity index (χ0v) is 21.3. The summed E-state index contributed by atoms with van der Waals surface area (Å²) in [6.45, 7) is 0.0119. The lowest BCUT2D eigenvalue weighted by Crippen LogP contribution is -2.48. The van der Waals surface area contributed by atoms with E-state index in [4.69, 9.17) is 0 Å². The summed E-state index contributed by atoms with van der Waals surface area (Å²) in [5, 5.41) is 15.9. The summed E-state index contributed by atoms with van der Waals surface area (Å²) >= 11 is 0. The maximum absolute atomic E-state index is 13.0. The molecule has 0 spiro atoms. The Morgan fingerprint density at radius 1 is 0.921 bits per heavy atom. The second-order valence-electron chi connectivity index (χ2n) is 11.7. The van der Waals surface area contributed by atoms with E-state index in [2.05, 4.69) is 22.7 Å². The third-order valence-corrected chi connectivity index (χ3v) is 9.25. The Morgan fingerprint density at radius 3 is 2.11 bits per heavy atom. The molecule has 3 aromatic carbocycles. The number of carbonyl (C=O) groups is 1. The Hall–Kier alpha value is -3.93. The van der Waals surface area contributed by atoms with Gasteiger partial charge in [-0.25, -0.2) is 5.43 Å². The molecule has 0 unspecified atom stereocenters. The summed E-state index contributed by atoms with van der Waals surface area (Å²) in [6.07, 6.45) is 9.45. The highest BCUT2D eigenvalue weighted by molar-refractivity contribution is 5.95. The molecule has 4 aliphatic rings. The molecule has 38 heavy (non-hydrogen) atoms. The molecule has 1 aromatic heterocycles. The van der Waals surface area contributed by atoms with Crippen molar-refractivity contribution in [2.75, 3.05) is 0 Å². The Labute approximate surface area is 221 Å². The molecule has 2 N–H and O–H groups in total. The van der Waals surface area contributed by atoms with Crippen LogP contribution >= 0.6 is 0 Å². The first-order valence-electron chi connectivity index (χ1n) is 13.6. The van der Waals surface area contributed by atoms with Crippen LogP contribution in [0.2, 0.25) is 0 Å². The number of carbonyl (C=O) groups excluding carboxylic acids is 1. The van der Waals surface area contributed by atoms with E-state index >= 15 is 0 Å². The molecule has 4 aliphatic carbocycles. The standard InChI is InChI=1S/C32H31N3O3/c36-29-10-9-24(32-15-20-11-21(16-32)13-22(12-20)17-32)14-23(29)18-33-34-30(37)19-35-27-7-3-1-5-25(27)31(38)26-6-2-4-8-28(26)35/h1-10,14,18,20-22,36H,11-13,15-17,19H2,(H,34,37)/b33-18+. The molecule has 192 valence electrons. The first-order valence-corrected chi connectivity index (χ1v) is 13.6. The van der Waals surface area contributed by atoms with Gasteiger partial charge in [0, 0.05) is 16.3 Å². The smallest absolute Gasteiger partial charge is 0.260 e. The molecule has 4 bridgehead atoms. The van der Waals surface area contributed by atoms with Gasteiger partial charge in [0.05, 0.1) is 17.2 Å². The number of hydrogen-bond acceptors (Lipinski definition) is 4. The van der Waals surface area contributed by atoms with E-state index in [-0.39, 0.29) is 29.0 Å². The second-order valence-corrected chi connectivity index (χ2v) is 11.7. The predicted octanol–water partition coefficient (Wildman–Crippen LogP) is 5.48. The van der Waals surface area contributed by atoms with E-state index < -0.39 is 0 Å². The van der Waals surface area contributed by atoms with Gasteiger partial charge in [-0.1, -0.05) is 30.3 Å². The van der Waals surface area contributed by atoms with E-state index in [0.29, 0.717) is 27.4 Å². The fourth-order valence-corrected chi connectivity index (χ4v) is 8.05. The lowest BCUT2D eigenvalue weighted by atomic mass is 9.48. The largest absolute Gasteiger partial charge is 0.507 e. The van der Waals surface area contributed by atoms with Gasteiger partial charge in [0.25, 0.3) is 5.91 Å². The van der Waals surface area contributed by atoms with Crippen LogP contribution in [-0.4, -0.2) is 21.8 Å². The van der Waals surface area contributed by atoms with Gasteiger partial charge in [-0.2, -0.15) is 5.10 Å². The van der Waals surface area contributed by atoms with Crippen molar-refractivity contribution in [2.24, 2.45) is 22.9 Å². The van der Waals surface area contributed by atoms with E-state index in [0.717, 1.165) is 17.8 Å². The van der Waals surface area contributed by atoms with Crippen molar-refractivity contribution in [1.82, 2.24) is 9.99 Å². The molecule has 4 aromatic rings. The molecule has 4 fully saturated rings. The van der Waals surface area contributed by atoms with Crippen molar-refractivity contribution < 1.29 is 9.90 Å². The van der Waals surface area contributed by atoms with Crippen LogP contribution in [0.1, 0.15) is 49.7 Å². The third kappa shape index (κ3) is 3.82. The monoisotopic (exact) mass is 505 g/mol. The van der Waals surface area contributed by atoms with Gasteiger partial charge in [0.15, 0.2) is 5.43 Å². The van der Waals surface area contributed by atoms with Crippen LogP contribution < -0.4 is 10.9 Å². The van der Waals surface area contributed by atoms with Gasteiger partial charge in [-0.05, 0) is 104 Å². The molecule has 0 aliphatic heterocycles. The second kappa shape index (κ2) is 8.83. The quantitative estimate of drug-likeness (QED) is 0.214. The number of pyridine rings is 1. The van der Waals surface area contributed by atoms with Crippen molar-refractivity contribution in [3.8, 4) is 5.75 Å². The zero-order valence-electron chi connectivity index (χ0n) is 21.3. The van der Waals surface area contributed by atoms with Crippen LogP contribution in [-0.2, 0) is 16.8 Å². The van der Waals surface area contributed by atoms with Crippen LogP contribution in [0.15, 0.2) is 76.6 Å². The van der Waals surface area contributed by atoms with Gasteiger partial charge in [-0.3, -0.25) is 9.59 Å². The average molecular weight is 506 g/mol. The number of nitrogens with one attached hydrogen (secondary N) is 1. The molecular formula is C32H31N3O3. The molecular weight excluding hydrogens is 474 g/mol. The van der Waals surface area contributed by atoms with Crippen molar-refractivity contribution >= 4 is 33.9 Å². The SMILES string of the molecule is O=C(Cn1c2ccccc2c(=O)c2ccccc21)N/N=C/c1cc(C23CC4CC(CC(C4)C2)C3)ccc1O. The molecule has 6 nitrogen and oxygen atoms in total. The van der Waals surface area contributed by atoms with E-state index in [1.807, 2.05) is 41.0 Å². The number of rotatable bonds is 5. The van der Waals surface area contributed by atoms with Crippen molar-refractivity contribution in [3.63, 3.8) is 0 Å². The Balaban J connectivity index is 1.13. The van der Waals surface area contributed by atoms with Crippen LogP contribution in [0.5, 0.6) is 5.75 Å². The van der Waals surface area contributed by atoms with Gasteiger partial charge in [0.1, 0.15) is 12.3 Å². The van der Waals surface area contributed by atoms with E-state index in [1.54, 1.807) is 24.4 Å². The lowest BCUT2D eigenvalue weighted by Gasteiger charge is -2.57. The van der Waals surface area contributed by atoms with Gasteiger partial charge in [0.2, 0.25) is 0 Å². The van der Waals surface area contributed by atoms with Gasteiger partial charge >= 0.3 is 0 Å². The highest BCUT2D eigenvalue weighted by Crippen LogP contribution is 2.60. The third-order valence-electron chi connectivity index (χ3n) is 9.25. The molecule has 8 rings (SSSR count). The summed E-state index contributed by atoms with van der Waals surface area (Å²) < 4.78 is 1.85. The summed E-state index contributed by atoms with van der Waals surface area (Å²) in [5.74, 6) is 2.37. The number of hydrogen-bond donors (Lipinski definition) is 2. The summed E-state index contributed by atoms with van der Waals surface area (Å²) in [5.41, 5.74) is 6.14. The lowest BCUT2D eigenvalue weighted by molar-refractivity contribution is -0.121. The first-order chi connectivity index (χ1) is 18.5. The number of aromatic hydroxyl groups is 1. The molecule has 1 heterocycles. The Bertz CT molecular complexity index is 1570. The van der Waals surface area contributed by atoms with Crippen molar-refractivity contribution in [2.45, 2.75) is 50.5 Å². The molecule has 6 heteroatoms. The average Bonchev–Trinajstić information content (AvgIpc) is 2.91. The minimum Gasteiger partial charge on any atom is -0.507 e. The number of aromatic nitrogens is 1. The van der Waals surface area contributed by atoms with Gasteiger partial charge < -0.3 is 9.67 Å². The van der Waals surface area contributed by atoms with Crippen LogP contribution in [0.4, 0.5) is 0 Å². The Morgan fingerprint density at radius 2 is 1.50 bits per heavy atom. The Kier molecular flexibility index (Phi) is 5.39. The minimum atomic E-state index is -0.308. The van der Waals surface area contributed by atoms with E-state index in [1.165, 1.54) is 44.1 Å². The molecule has 0 radical (unpaired) electrons. The fourth-order valence-electron chi connectivity index (χ4n) is 8.05. The van der Waals surface area contributed by atoms with Crippen molar-refractivity contribution in [3.05, 3.63) is 88.1 Å². The number of nitrogens with zero attached hydrogens (tertiary/aromatic N) is 2. The normalized spacial score (nSPS) is 25.9. The first kappa shape index (κ1) is 23.2. The topological polar surface area (TPSA) is 83.7 Å². The van der Waals surface area contributed by atoms with Gasteiger partial charge in [-0.15, -0.1) is 0 Å². The minimum absolute atomic E-state index is 0.0119. The number of amides is 1. The van der Waals surface area contributed by atoms with Crippen LogP contribution in [0.3, 0.4) is 0 Å².